The average molecular weight is 391 g/mol. The van der Waals surface area contributed by atoms with Crippen LogP contribution in [0.5, 0.6) is 0 Å². The van der Waals surface area contributed by atoms with Crippen LogP contribution >= 0.6 is 0 Å². The third-order valence-electron chi connectivity index (χ3n) is 5.84. The SMILES string of the molecule is Cc1ccc(Cc2ccc(C)cc2)cc1.Cc1ccc2c(c1)Cc1cc(C)ccc1-2. The van der Waals surface area contributed by atoms with E-state index in [-0.39, 0.29) is 0 Å². The highest BCUT2D eigenvalue weighted by atomic mass is 14.2. The molecule has 1 aliphatic rings. The maximum atomic E-state index is 2.31. The summed E-state index contributed by atoms with van der Waals surface area (Å²) in [6.45, 7) is 8.56. The fourth-order valence-electron chi connectivity index (χ4n) is 4.12. The van der Waals surface area contributed by atoms with Crippen molar-refractivity contribution in [3.05, 3.63) is 129 Å². The summed E-state index contributed by atoms with van der Waals surface area (Å²) in [6, 6.07) is 31.0. The number of fused-ring (bicyclic) bond motifs is 3. The van der Waals surface area contributed by atoms with Gasteiger partial charge in [0.05, 0.1) is 0 Å². The van der Waals surface area contributed by atoms with Gasteiger partial charge in [0.2, 0.25) is 0 Å². The monoisotopic (exact) mass is 390 g/mol. The van der Waals surface area contributed by atoms with E-state index in [9.17, 15) is 0 Å². The Labute approximate surface area is 181 Å². The molecular formula is C30H30. The fourth-order valence-corrected chi connectivity index (χ4v) is 4.12. The minimum absolute atomic E-state index is 1.03. The quantitative estimate of drug-likeness (QED) is 0.289. The molecule has 0 unspecified atom stereocenters. The van der Waals surface area contributed by atoms with E-state index in [1.54, 1.807) is 0 Å². The summed E-state index contributed by atoms with van der Waals surface area (Å²) in [5, 5.41) is 0. The molecule has 0 heterocycles. The number of rotatable bonds is 2. The Kier molecular flexibility index (Phi) is 5.86. The molecule has 0 radical (unpaired) electrons. The molecule has 1 aliphatic carbocycles. The average Bonchev–Trinajstić information content (AvgIpc) is 3.08. The van der Waals surface area contributed by atoms with E-state index >= 15 is 0 Å². The third kappa shape index (κ3) is 4.71. The lowest BCUT2D eigenvalue weighted by Gasteiger charge is -2.03. The molecule has 0 spiro atoms. The molecule has 0 amide bonds. The second-order valence-corrected chi connectivity index (χ2v) is 8.65. The first-order valence-corrected chi connectivity index (χ1v) is 10.8. The van der Waals surface area contributed by atoms with Crippen LogP contribution in [0.25, 0.3) is 11.1 Å². The van der Waals surface area contributed by atoms with Gasteiger partial charge in [-0.15, -0.1) is 0 Å². The van der Waals surface area contributed by atoms with Gasteiger partial charge in [0.25, 0.3) is 0 Å². The van der Waals surface area contributed by atoms with Gasteiger partial charge in [-0.2, -0.15) is 0 Å². The lowest BCUT2D eigenvalue weighted by molar-refractivity contribution is 1.18. The molecule has 5 rings (SSSR count). The molecular weight excluding hydrogens is 360 g/mol. The van der Waals surface area contributed by atoms with Crippen LogP contribution < -0.4 is 0 Å². The van der Waals surface area contributed by atoms with Crippen LogP contribution in [0.4, 0.5) is 0 Å². The third-order valence-corrected chi connectivity index (χ3v) is 5.84. The Morgan fingerprint density at radius 2 is 0.833 bits per heavy atom. The van der Waals surface area contributed by atoms with Gasteiger partial charge < -0.3 is 0 Å². The minimum atomic E-state index is 1.03. The predicted molar refractivity (Wildman–Crippen MR) is 129 cm³/mol. The van der Waals surface area contributed by atoms with Crippen LogP contribution in [0.2, 0.25) is 0 Å². The summed E-state index contributed by atoms with van der Waals surface area (Å²) >= 11 is 0. The lowest BCUT2D eigenvalue weighted by Crippen LogP contribution is -1.88. The summed E-state index contributed by atoms with van der Waals surface area (Å²) in [6.07, 6.45) is 2.13. The molecule has 0 saturated carbocycles. The maximum Gasteiger partial charge on any atom is -0.00133 e. The van der Waals surface area contributed by atoms with Crippen molar-refractivity contribution in [1.29, 1.82) is 0 Å². The predicted octanol–water partition coefficient (Wildman–Crippen LogP) is 7.77. The molecule has 0 N–H and O–H groups in total. The summed E-state index contributed by atoms with van der Waals surface area (Å²) in [7, 11) is 0. The first-order valence-electron chi connectivity index (χ1n) is 10.8. The zero-order chi connectivity index (χ0) is 21.1. The second kappa shape index (κ2) is 8.71. The van der Waals surface area contributed by atoms with Crippen LogP contribution in [-0.2, 0) is 12.8 Å². The van der Waals surface area contributed by atoms with Crippen molar-refractivity contribution in [2.75, 3.05) is 0 Å². The van der Waals surface area contributed by atoms with Crippen molar-refractivity contribution >= 4 is 0 Å². The Bertz CT molecular complexity index is 1050. The lowest BCUT2D eigenvalue weighted by atomic mass is 10.0. The van der Waals surface area contributed by atoms with Gasteiger partial charge in [-0.25, -0.2) is 0 Å². The molecule has 150 valence electrons. The molecule has 0 bridgehead atoms. The van der Waals surface area contributed by atoms with Crippen molar-refractivity contribution in [2.45, 2.75) is 40.5 Å². The first kappa shape index (κ1) is 20.2. The van der Waals surface area contributed by atoms with Crippen molar-refractivity contribution in [2.24, 2.45) is 0 Å². The zero-order valence-electron chi connectivity index (χ0n) is 18.5. The molecule has 0 heteroatoms. The number of hydrogen-bond acceptors (Lipinski definition) is 0. The van der Waals surface area contributed by atoms with E-state index in [0.29, 0.717) is 0 Å². The Hall–Kier alpha value is -3.12. The fraction of sp³-hybridized carbons (Fsp3) is 0.200. The summed E-state index contributed by atoms with van der Waals surface area (Å²) in [5.74, 6) is 0. The van der Waals surface area contributed by atoms with Crippen LogP contribution in [-0.4, -0.2) is 0 Å². The Balaban J connectivity index is 0.000000145. The summed E-state index contributed by atoms with van der Waals surface area (Å²) in [5.41, 5.74) is 13.9. The highest BCUT2D eigenvalue weighted by Gasteiger charge is 2.17. The molecule has 0 fully saturated rings. The normalized spacial score (nSPS) is 11.3. The Morgan fingerprint density at radius 3 is 1.23 bits per heavy atom. The van der Waals surface area contributed by atoms with Crippen molar-refractivity contribution in [3.8, 4) is 11.1 Å². The van der Waals surface area contributed by atoms with Gasteiger partial charge in [0.15, 0.2) is 0 Å². The maximum absolute atomic E-state index is 2.31. The number of benzene rings is 4. The van der Waals surface area contributed by atoms with E-state index in [1.165, 1.54) is 55.6 Å². The summed E-state index contributed by atoms with van der Waals surface area (Å²) < 4.78 is 0. The number of aryl methyl sites for hydroxylation is 4. The zero-order valence-corrected chi connectivity index (χ0v) is 18.5. The molecule has 0 aromatic heterocycles. The van der Waals surface area contributed by atoms with Gasteiger partial charge in [-0.3, -0.25) is 0 Å². The standard InChI is InChI=1S/C15H14.C15H16/c1-10-3-5-14-12(7-10)9-13-8-11(2)4-6-15(13)14;1-12-3-7-14(8-4-12)11-15-9-5-13(2)6-10-15/h3-8H,9H2,1-2H3;3-10H,11H2,1-2H3. The van der Waals surface area contributed by atoms with E-state index in [0.717, 1.165) is 12.8 Å². The minimum Gasteiger partial charge on any atom is -0.0590 e. The van der Waals surface area contributed by atoms with E-state index in [2.05, 4.69) is 113 Å². The number of hydrogen-bond donors (Lipinski definition) is 0. The molecule has 0 saturated heterocycles. The first-order chi connectivity index (χ1) is 14.5. The highest BCUT2D eigenvalue weighted by molar-refractivity contribution is 5.77. The van der Waals surface area contributed by atoms with Crippen molar-refractivity contribution in [3.63, 3.8) is 0 Å². The van der Waals surface area contributed by atoms with E-state index in [4.69, 9.17) is 0 Å². The van der Waals surface area contributed by atoms with Crippen molar-refractivity contribution < 1.29 is 0 Å². The molecule has 30 heavy (non-hydrogen) atoms. The van der Waals surface area contributed by atoms with Crippen LogP contribution in [0.15, 0.2) is 84.9 Å². The van der Waals surface area contributed by atoms with Gasteiger partial charge in [0.1, 0.15) is 0 Å². The summed E-state index contributed by atoms with van der Waals surface area (Å²) in [4.78, 5) is 0. The topological polar surface area (TPSA) is 0 Å². The van der Waals surface area contributed by atoms with Gasteiger partial charge >= 0.3 is 0 Å². The van der Waals surface area contributed by atoms with Gasteiger partial charge in [-0.1, -0.05) is 107 Å². The molecule has 4 aromatic carbocycles. The van der Waals surface area contributed by atoms with Crippen LogP contribution in [0, 0.1) is 27.7 Å². The highest BCUT2D eigenvalue weighted by Crippen LogP contribution is 2.37. The van der Waals surface area contributed by atoms with Crippen LogP contribution in [0.1, 0.15) is 44.5 Å². The largest absolute Gasteiger partial charge is 0.0590 e. The molecule has 0 nitrogen and oxygen atoms in total. The van der Waals surface area contributed by atoms with Crippen molar-refractivity contribution in [1.82, 2.24) is 0 Å². The smallest absolute Gasteiger partial charge is 0.00133 e. The van der Waals surface area contributed by atoms with Crippen LogP contribution in [0.3, 0.4) is 0 Å². The Morgan fingerprint density at radius 1 is 0.467 bits per heavy atom. The van der Waals surface area contributed by atoms with Gasteiger partial charge in [0, 0.05) is 0 Å². The molecule has 0 aliphatic heterocycles. The van der Waals surface area contributed by atoms with E-state index < -0.39 is 0 Å². The van der Waals surface area contributed by atoms with E-state index in [1.807, 2.05) is 0 Å². The molecule has 4 aromatic rings. The molecule has 0 atom stereocenters. The van der Waals surface area contributed by atoms with Gasteiger partial charge in [-0.05, 0) is 73.9 Å². The second-order valence-electron chi connectivity index (χ2n) is 8.65.